The zero-order chi connectivity index (χ0) is 10.5. The first kappa shape index (κ1) is 9.47. The highest BCUT2D eigenvalue weighted by Crippen LogP contribution is 1.93. The lowest BCUT2D eigenvalue weighted by Gasteiger charge is -2.09. The van der Waals surface area contributed by atoms with Crippen LogP contribution in [0, 0.1) is 0 Å². The van der Waals surface area contributed by atoms with E-state index in [-0.39, 0.29) is 0 Å². The summed E-state index contributed by atoms with van der Waals surface area (Å²) in [5.74, 6) is 0.613. The molecule has 1 aliphatic heterocycles. The third-order valence-corrected chi connectivity index (χ3v) is 1.87. The number of rotatable bonds is 2. The largest absolute Gasteiger partial charge is 0.259 e. The molecule has 2 rings (SSSR count). The second-order valence-electron chi connectivity index (χ2n) is 3.00. The van der Waals surface area contributed by atoms with Gasteiger partial charge in [0.2, 0.25) is 0 Å². The fourth-order valence-corrected chi connectivity index (χ4v) is 1.08. The molecule has 15 heavy (non-hydrogen) atoms. The maximum Gasteiger partial charge on any atom is 0.253 e. The molecule has 0 saturated carbocycles. The van der Waals surface area contributed by atoms with Crippen molar-refractivity contribution in [1.82, 2.24) is 21.5 Å². The van der Waals surface area contributed by atoms with E-state index in [4.69, 9.17) is 0 Å². The number of nitrogens with one attached hydrogen (secondary N) is 3. The van der Waals surface area contributed by atoms with E-state index in [1.807, 2.05) is 37.4 Å². The Morgan fingerprint density at radius 2 is 2.20 bits per heavy atom. The summed E-state index contributed by atoms with van der Waals surface area (Å²) >= 11 is 0. The highest BCUT2D eigenvalue weighted by molar-refractivity contribution is 5.83. The highest BCUT2D eigenvalue weighted by Gasteiger charge is 2.09. The third kappa shape index (κ3) is 2.44. The van der Waals surface area contributed by atoms with E-state index in [1.54, 1.807) is 11.2 Å². The molecule has 78 valence electrons. The number of hydrogen-bond donors (Lipinski definition) is 3. The quantitative estimate of drug-likeness (QED) is 0.462. The van der Waals surface area contributed by atoms with Crippen LogP contribution in [-0.2, 0) is 0 Å². The molecular formula is C9H12N6. The lowest BCUT2D eigenvalue weighted by Crippen LogP contribution is -2.41. The average Bonchev–Trinajstić information content (AvgIpc) is 2.66. The smallest absolute Gasteiger partial charge is 0.253 e. The van der Waals surface area contributed by atoms with Crippen LogP contribution in [-0.4, -0.2) is 24.2 Å². The van der Waals surface area contributed by atoms with Crippen LogP contribution in [0.15, 0.2) is 40.5 Å². The lowest BCUT2D eigenvalue weighted by atomic mass is 10.2. The Labute approximate surface area is 87.6 Å². The zero-order valence-corrected chi connectivity index (χ0v) is 8.31. The topological polar surface area (TPSA) is 64.0 Å². The van der Waals surface area contributed by atoms with Crippen LogP contribution in [0.4, 0.5) is 0 Å². The molecule has 0 unspecified atom stereocenters. The summed E-state index contributed by atoms with van der Waals surface area (Å²) in [7, 11) is 1.82. The van der Waals surface area contributed by atoms with Gasteiger partial charge in [0.15, 0.2) is 0 Å². The molecule has 1 aromatic rings. The second kappa shape index (κ2) is 4.43. The van der Waals surface area contributed by atoms with Crippen molar-refractivity contribution in [2.24, 2.45) is 10.2 Å². The molecule has 0 radical (unpaired) electrons. The van der Waals surface area contributed by atoms with Crippen molar-refractivity contribution in [3.8, 4) is 0 Å². The van der Waals surface area contributed by atoms with Crippen molar-refractivity contribution in [2.75, 3.05) is 7.05 Å². The maximum absolute atomic E-state index is 4.05. The molecule has 0 aliphatic carbocycles. The van der Waals surface area contributed by atoms with Crippen LogP contribution < -0.4 is 16.5 Å². The van der Waals surface area contributed by atoms with Gasteiger partial charge in [-0.15, -0.1) is 10.6 Å². The number of guanidine groups is 1. The van der Waals surface area contributed by atoms with Gasteiger partial charge in [0.05, 0.1) is 6.21 Å². The van der Waals surface area contributed by atoms with Crippen molar-refractivity contribution in [2.45, 2.75) is 0 Å². The van der Waals surface area contributed by atoms with E-state index in [0.717, 1.165) is 5.56 Å². The Bertz CT molecular complexity index is 371. The molecule has 0 aromatic heterocycles. The van der Waals surface area contributed by atoms with Gasteiger partial charge in [0.1, 0.15) is 0 Å². The minimum Gasteiger partial charge on any atom is -0.259 e. The Morgan fingerprint density at radius 1 is 1.40 bits per heavy atom. The molecular weight excluding hydrogens is 192 g/mol. The first-order valence-electron chi connectivity index (χ1n) is 4.52. The van der Waals surface area contributed by atoms with Gasteiger partial charge in [-0.2, -0.15) is 5.10 Å². The third-order valence-electron chi connectivity index (χ3n) is 1.87. The van der Waals surface area contributed by atoms with Gasteiger partial charge >= 0.3 is 0 Å². The van der Waals surface area contributed by atoms with Crippen LogP contribution in [0.25, 0.3) is 0 Å². The van der Waals surface area contributed by atoms with Crippen LogP contribution in [0.3, 0.4) is 0 Å². The SMILES string of the molecule is CN1NNN=C1N/N=C/c1ccccc1. The molecule has 0 atom stereocenters. The van der Waals surface area contributed by atoms with Crippen molar-refractivity contribution in [3.05, 3.63) is 35.9 Å². The molecule has 0 saturated heterocycles. The highest BCUT2D eigenvalue weighted by atomic mass is 15.8. The fourth-order valence-electron chi connectivity index (χ4n) is 1.08. The summed E-state index contributed by atoms with van der Waals surface area (Å²) < 4.78 is 0. The first-order chi connectivity index (χ1) is 7.36. The van der Waals surface area contributed by atoms with Crippen molar-refractivity contribution in [1.29, 1.82) is 0 Å². The van der Waals surface area contributed by atoms with E-state index >= 15 is 0 Å². The molecule has 1 aromatic carbocycles. The summed E-state index contributed by atoms with van der Waals surface area (Å²) in [4.78, 5) is 0. The molecule has 0 amide bonds. The summed E-state index contributed by atoms with van der Waals surface area (Å²) in [5.41, 5.74) is 9.19. The second-order valence-corrected chi connectivity index (χ2v) is 3.00. The molecule has 6 nitrogen and oxygen atoms in total. The Morgan fingerprint density at radius 3 is 2.87 bits per heavy atom. The van der Waals surface area contributed by atoms with Crippen molar-refractivity contribution in [3.63, 3.8) is 0 Å². The zero-order valence-electron chi connectivity index (χ0n) is 8.31. The number of benzene rings is 1. The van der Waals surface area contributed by atoms with Crippen LogP contribution in [0.5, 0.6) is 0 Å². The minimum atomic E-state index is 0.613. The van der Waals surface area contributed by atoms with Gasteiger partial charge < -0.3 is 0 Å². The molecule has 0 spiro atoms. The van der Waals surface area contributed by atoms with Crippen LogP contribution >= 0.6 is 0 Å². The van der Waals surface area contributed by atoms with Crippen molar-refractivity contribution < 1.29 is 0 Å². The van der Waals surface area contributed by atoms with Crippen molar-refractivity contribution >= 4 is 12.2 Å². The summed E-state index contributed by atoms with van der Waals surface area (Å²) in [6, 6.07) is 9.84. The Balaban J connectivity index is 1.91. The van der Waals surface area contributed by atoms with E-state index in [9.17, 15) is 0 Å². The van der Waals surface area contributed by atoms with Gasteiger partial charge in [0.25, 0.3) is 5.96 Å². The summed E-state index contributed by atoms with van der Waals surface area (Å²) in [5, 5.41) is 9.63. The molecule has 1 heterocycles. The van der Waals surface area contributed by atoms with Gasteiger partial charge in [-0.05, 0) is 5.56 Å². The van der Waals surface area contributed by atoms with Crippen LogP contribution in [0.2, 0.25) is 0 Å². The van der Waals surface area contributed by atoms with Gasteiger partial charge in [-0.25, -0.2) is 11.0 Å². The molecule has 0 fully saturated rings. The molecule has 1 aliphatic rings. The summed E-state index contributed by atoms with van der Waals surface area (Å²) in [6.45, 7) is 0. The number of nitrogens with zero attached hydrogens (tertiary/aromatic N) is 3. The average molecular weight is 204 g/mol. The van der Waals surface area contributed by atoms with Gasteiger partial charge in [-0.3, -0.25) is 5.01 Å². The standard InChI is InChI=1S/C9H12N6/c1-15-9(12-13-14-15)11-10-7-8-5-3-2-4-6-8/h2-7,13-14H,1H3,(H,11,12)/b10-7+. The normalized spacial score (nSPS) is 15.3. The molecule has 6 heteroatoms. The van der Waals surface area contributed by atoms with E-state index in [1.165, 1.54) is 0 Å². The number of hydrazine groups is 2. The van der Waals surface area contributed by atoms with E-state index < -0.39 is 0 Å². The number of hydrogen-bond acceptors (Lipinski definition) is 6. The van der Waals surface area contributed by atoms with Gasteiger partial charge in [0, 0.05) is 7.05 Å². The maximum atomic E-state index is 4.05. The number of hydrazone groups is 2. The summed E-state index contributed by atoms with van der Waals surface area (Å²) in [6.07, 6.45) is 1.73. The monoisotopic (exact) mass is 204 g/mol. The Hall–Kier alpha value is -2.08. The predicted octanol–water partition coefficient (Wildman–Crippen LogP) is -0.164. The lowest BCUT2D eigenvalue weighted by molar-refractivity contribution is 0.342. The van der Waals surface area contributed by atoms with Crippen LogP contribution in [0.1, 0.15) is 5.56 Å². The van der Waals surface area contributed by atoms with Gasteiger partial charge in [-0.1, -0.05) is 30.3 Å². The van der Waals surface area contributed by atoms with E-state index in [0.29, 0.717) is 5.96 Å². The molecule has 3 N–H and O–H groups in total. The minimum absolute atomic E-state index is 0.613. The first-order valence-corrected chi connectivity index (χ1v) is 4.52. The fraction of sp³-hybridized carbons (Fsp3) is 0.111. The predicted molar refractivity (Wildman–Crippen MR) is 58.6 cm³/mol. The Kier molecular flexibility index (Phi) is 2.80. The molecule has 0 bridgehead atoms. The van der Waals surface area contributed by atoms with E-state index in [2.05, 4.69) is 26.7 Å².